The van der Waals surface area contributed by atoms with E-state index in [4.69, 9.17) is 20.0 Å². The van der Waals surface area contributed by atoms with Crippen LogP contribution in [-0.2, 0) is 28.9 Å². The fraction of sp³-hybridized carbons (Fsp3) is 0.909. The molecule has 20 heavy (non-hydrogen) atoms. The van der Waals surface area contributed by atoms with E-state index < -0.39 is 33.7 Å². The highest BCUT2D eigenvalue weighted by molar-refractivity contribution is 7.93. The van der Waals surface area contributed by atoms with Crippen molar-refractivity contribution in [2.24, 2.45) is 5.73 Å². The lowest BCUT2D eigenvalue weighted by Gasteiger charge is -2.42. The summed E-state index contributed by atoms with van der Waals surface area (Å²) >= 11 is 0. The van der Waals surface area contributed by atoms with E-state index in [0.29, 0.717) is 13.0 Å². The average molecular weight is 308 g/mol. The van der Waals surface area contributed by atoms with Crippen molar-refractivity contribution in [1.29, 1.82) is 0 Å². The summed E-state index contributed by atoms with van der Waals surface area (Å²) in [6, 6.07) is -1.11. The molecule has 2 saturated heterocycles. The number of carbonyl (C=O) groups is 1. The van der Waals surface area contributed by atoms with Gasteiger partial charge in [-0.1, -0.05) is 0 Å². The maximum Gasteiger partial charge on any atom is 0.263 e. The molecule has 2 aliphatic rings. The summed E-state index contributed by atoms with van der Waals surface area (Å²) in [5, 5.41) is 0. The minimum Gasteiger partial charge on any atom is -0.374 e. The van der Waals surface area contributed by atoms with Gasteiger partial charge >= 0.3 is 0 Å². The summed E-state index contributed by atoms with van der Waals surface area (Å²) in [5.41, 5.74) is 6.84. The molecular weight excluding hydrogens is 288 g/mol. The van der Waals surface area contributed by atoms with Crippen LogP contribution in [0.2, 0.25) is 0 Å². The summed E-state index contributed by atoms with van der Waals surface area (Å²) in [7, 11) is -1.83. The molecule has 0 spiro atoms. The third-order valence-electron chi connectivity index (χ3n) is 3.61. The SMILES string of the molecule is COC1([C@H](N)C(=O)NOC2CCCCO2)CS(=O)(=O)C1. The lowest BCUT2D eigenvalue weighted by molar-refractivity contribution is -0.203. The summed E-state index contributed by atoms with van der Waals surface area (Å²) in [5.74, 6) is -1.13. The Labute approximate surface area is 117 Å². The molecule has 0 aromatic heterocycles. The van der Waals surface area contributed by atoms with E-state index in [9.17, 15) is 13.2 Å². The number of nitrogens with two attached hydrogens (primary N) is 1. The second-order valence-electron chi connectivity index (χ2n) is 5.16. The maximum absolute atomic E-state index is 11.9. The predicted molar refractivity (Wildman–Crippen MR) is 69.2 cm³/mol. The van der Waals surface area contributed by atoms with E-state index in [-0.39, 0.29) is 11.5 Å². The van der Waals surface area contributed by atoms with Crippen molar-refractivity contribution in [1.82, 2.24) is 5.48 Å². The molecule has 0 saturated carbocycles. The molecule has 2 atom stereocenters. The quantitative estimate of drug-likeness (QED) is 0.606. The molecule has 0 aromatic carbocycles. The van der Waals surface area contributed by atoms with Gasteiger partial charge in [0.05, 0.1) is 11.5 Å². The number of rotatable bonds is 5. The molecule has 2 aliphatic heterocycles. The van der Waals surface area contributed by atoms with E-state index >= 15 is 0 Å². The first kappa shape index (κ1) is 15.6. The fourth-order valence-electron chi connectivity index (χ4n) is 2.36. The molecule has 0 radical (unpaired) electrons. The van der Waals surface area contributed by atoms with Gasteiger partial charge in [0.15, 0.2) is 16.1 Å². The predicted octanol–water partition coefficient (Wildman–Crippen LogP) is -1.30. The zero-order valence-corrected chi connectivity index (χ0v) is 12.1. The maximum atomic E-state index is 11.9. The van der Waals surface area contributed by atoms with Gasteiger partial charge in [0.1, 0.15) is 11.6 Å². The van der Waals surface area contributed by atoms with E-state index in [1.165, 1.54) is 7.11 Å². The molecule has 9 heteroatoms. The smallest absolute Gasteiger partial charge is 0.263 e. The molecule has 2 heterocycles. The number of hydroxylamine groups is 1. The van der Waals surface area contributed by atoms with Gasteiger partial charge in [0.2, 0.25) is 0 Å². The highest BCUT2D eigenvalue weighted by Gasteiger charge is 2.55. The van der Waals surface area contributed by atoms with Crippen LogP contribution in [0.5, 0.6) is 0 Å². The zero-order chi connectivity index (χ0) is 14.8. The Morgan fingerprint density at radius 2 is 2.15 bits per heavy atom. The minimum absolute atomic E-state index is 0.259. The Balaban J connectivity index is 1.85. The van der Waals surface area contributed by atoms with Crippen LogP contribution in [0.4, 0.5) is 0 Å². The topological polar surface area (TPSA) is 117 Å². The Morgan fingerprint density at radius 3 is 2.65 bits per heavy atom. The van der Waals surface area contributed by atoms with Crippen LogP contribution in [0.1, 0.15) is 19.3 Å². The van der Waals surface area contributed by atoms with Crippen molar-refractivity contribution in [3.05, 3.63) is 0 Å². The summed E-state index contributed by atoms with van der Waals surface area (Å²) in [6.07, 6.45) is 2.15. The first-order valence-electron chi connectivity index (χ1n) is 6.47. The molecule has 116 valence electrons. The van der Waals surface area contributed by atoms with Crippen LogP contribution in [0.25, 0.3) is 0 Å². The van der Waals surface area contributed by atoms with E-state index in [2.05, 4.69) is 5.48 Å². The van der Waals surface area contributed by atoms with Crippen molar-refractivity contribution in [2.75, 3.05) is 25.2 Å². The van der Waals surface area contributed by atoms with Crippen molar-refractivity contribution >= 4 is 15.7 Å². The minimum atomic E-state index is -3.17. The van der Waals surface area contributed by atoms with Crippen molar-refractivity contribution in [3.63, 3.8) is 0 Å². The number of sulfone groups is 1. The number of hydrogen-bond donors (Lipinski definition) is 2. The number of methoxy groups -OCH3 is 1. The van der Waals surface area contributed by atoms with E-state index in [1.807, 2.05) is 0 Å². The Kier molecular flexibility index (Phi) is 4.65. The van der Waals surface area contributed by atoms with Gasteiger partial charge in [-0.3, -0.25) is 4.79 Å². The second-order valence-corrected chi connectivity index (χ2v) is 7.22. The molecule has 1 amide bonds. The average Bonchev–Trinajstić information content (AvgIpc) is 2.42. The third-order valence-corrected chi connectivity index (χ3v) is 5.47. The number of ether oxygens (including phenoxy) is 2. The highest BCUT2D eigenvalue weighted by Crippen LogP contribution is 2.30. The Bertz CT molecular complexity index is 448. The van der Waals surface area contributed by atoms with Gasteiger partial charge in [-0.2, -0.15) is 0 Å². The van der Waals surface area contributed by atoms with Crippen molar-refractivity contribution < 1.29 is 27.5 Å². The van der Waals surface area contributed by atoms with Crippen LogP contribution >= 0.6 is 0 Å². The highest BCUT2D eigenvalue weighted by atomic mass is 32.2. The van der Waals surface area contributed by atoms with E-state index in [1.54, 1.807) is 0 Å². The van der Waals surface area contributed by atoms with Crippen LogP contribution in [0.15, 0.2) is 0 Å². The first-order chi connectivity index (χ1) is 9.38. The molecule has 0 bridgehead atoms. The molecule has 0 aromatic rings. The van der Waals surface area contributed by atoms with E-state index in [0.717, 1.165) is 12.8 Å². The van der Waals surface area contributed by atoms with Crippen molar-refractivity contribution in [2.45, 2.75) is 37.2 Å². The van der Waals surface area contributed by atoms with Gasteiger partial charge in [-0.15, -0.1) is 0 Å². The fourth-order valence-corrected chi connectivity index (χ4v) is 4.36. The van der Waals surface area contributed by atoms with Crippen LogP contribution in [-0.4, -0.2) is 57.5 Å². The molecule has 2 fully saturated rings. The number of hydrogen-bond acceptors (Lipinski definition) is 7. The van der Waals surface area contributed by atoms with Crippen molar-refractivity contribution in [3.8, 4) is 0 Å². The molecule has 3 N–H and O–H groups in total. The number of carbonyl (C=O) groups excluding carboxylic acids is 1. The molecule has 2 rings (SSSR count). The third kappa shape index (κ3) is 3.29. The van der Waals surface area contributed by atoms with Gasteiger partial charge < -0.3 is 15.2 Å². The van der Waals surface area contributed by atoms with Crippen LogP contribution < -0.4 is 11.2 Å². The lowest BCUT2D eigenvalue weighted by atomic mass is 9.97. The van der Waals surface area contributed by atoms with Crippen LogP contribution in [0, 0.1) is 0 Å². The van der Waals surface area contributed by atoms with Crippen LogP contribution in [0.3, 0.4) is 0 Å². The second kappa shape index (κ2) is 5.94. The number of nitrogens with one attached hydrogen (secondary N) is 1. The summed E-state index contributed by atoms with van der Waals surface area (Å²) < 4.78 is 33.0. The normalized spacial score (nSPS) is 29.2. The lowest BCUT2D eigenvalue weighted by Crippen LogP contribution is -2.69. The summed E-state index contributed by atoms with van der Waals surface area (Å²) in [6.45, 7) is 0.590. The Morgan fingerprint density at radius 1 is 1.45 bits per heavy atom. The van der Waals surface area contributed by atoms with Gasteiger partial charge in [0, 0.05) is 20.1 Å². The van der Waals surface area contributed by atoms with Gasteiger partial charge in [-0.25, -0.2) is 18.7 Å². The first-order valence-corrected chi connectivity index (χ1v) is 8.29. The zero-order valence-electron chi connectivity index (χ0n) is 11.3. The van der Waals surface area contributed by atoms with Gasteiger partial charge in [-0.05, 0) is 12.8 Å². The Hall–Kier alpha value is -0.740. The molecule has 8 nitrogen and oxygen atoms in total. The standard InChI is InChI=1S/C11H20N2O6S/c1-17-11(6-20(15,16)7-11)9(12)10(14)13-19-8-4-2-3-5-18-8/h8-9H,2-7,12H2,1H3,(H,13,14)/t8?,9-/m1/s1. The number of amides is 1. The monoisotopic (exact) mass is 308 g/mol. The largest absolute Gasteiger partial charge is 0.374 e. The molecule has 0 aliphatic carbocycles. The molecular formula is C11H20N2O6S. The molecule has 1 unspecified atom stereocenters. The summed E-state index contributed by atoms with van der Waals surface area (Å²) in [4.78, 5) is 17.0. The van der Waals surface area contributed by atoms with Gasteiger partial charge in [0.25, 0.3) is 5.91 Å².